The lowest BCUT2D eigenvalue weighted by Gasteiger charge is -2.15. The molecule has 0 amide bonds. The number of hydrogen-bond acceptors (Lipinski definition) is 2. The van der Waals surface area contributed by atoms with Crippen molar-refractivity contribution < 1.29 is 0 Å². The van der Waals surface area contributed by atoms with Crippen molar-refractivity contribution in [1.82, 2.24) is 4.98 Å². The van der Waals surface area contributed by atoms with E-state index >= 15 is 0 Å². The molecule has 0 spiro atoms. The molecule has 1 aliphatic heterocycles. The Morgan fingerprint density at radius 2 is 2.50 bits per heavy atom. The summed E-state index contributed by atoms with van der Waals surface area (Å²) in [6.07, 6.45) is 6.08. The van der Waals surface area contributed by atoms with Crippen LogP contribution < -0.4 is 0 Å². The van der Waals surface area contributed by atoms with Gasteiger partial charge in [-0.15, -0.1) is 0 Å². The Bertz CT molecular complexity index is 304. The molecule has 12 heavy (non-hydrogen) atoms. The highest BCUT2D eigenvalue weighted by Crippen LogP contribution is 2.24. The van der Waals surface area contributed by atoms with Crippen molar-refractivity contribution in [2.45, 2.75) is 19.8 Å². The predicted molar refractivity (Wildman–Crippen MR) is 49.9 cm³/mol. The number of hydrogen-bond donors (Lipinski definition) is 0. The number of fused-ring (bicyclic) bond motifs is 1. The highest BCUT2D eigenvalue weighted by molar-refractivity contribution is 5.69. The maximum atomic E-state index is 4.31. The second-order valence-corrected chi connectivity index (χ2v) is 3.14. The van der Waals surface area contributed by atoms with Crippen LogP contribution in [0.3, 0.4) is 0 Å². The molecule has 1 aliphatic rings. The quantitative estimate of drug-likeness (QED) is 0.619. The van der Waals surface area contributed by atoms with Crippen LogP contribution in [0.1, 0.15) is 18.9 Å². The highest BCUT2D eigenvalue weighted by atomic mass is 14.9. The minimum Gasteiger partial charge on any atom is -0.241 e. The van der Waals surface area contributed by atoms with Gasteiger partial charge < -0.3 is 0 Å². The van der Waals surface area contributed by atoms with E-state index in [4.69, 9.17) is 0 Å². The van der Waals surface area contributed by atoms with Crippen LogP contribution in [-0.2, 0) is 6.42 Å². The van der Waals surface area contributed by atoms with Gasteiger partial charge in [0.1, 0.15) is 0 Å². The van der Waals surface area contributed by atoms with E-state index in [1.807, 2.05) is 12.3 Å². The second kappa shape index (κ2) is 3.05. The van der Waals surface area contributed by atoms with Gasteiger partial charge in [0.05, 0.1) is 0 Å². The van der Waals surface area contributed by atoms with Gasteiger partial charge in [-0.3, -0.25) is 0 Å². The summed E-state index contributed by atoms with van der Waals surface area (Å²) in [6.45, 7) is 2.19. The van der Waals surface area contributed by atoms with Crippen molar-refractivity contribution in [3.8, 4) is 0 Å². The van der Waals surface area contributed by atoms with Crippen molar-refractivity contribution in [2.75, 3.05) is 0 Å². The highest BCUT2D eigenvalue weighted by Gasteiger charge is 2.12. The van der Waals surface area contributed by atoms with Gasteiger partial charge in [0.15, 0.2) is 5.82 Å². The smallest absolute Gasteiger partial charge is 0.154 e. The van der Waals surface area contributed by atoms with Gasteiger partial charge in [-0.1, -0.05) is 13.0 Å². The van der Waals surface area contributed by atoms with Gasteiger partial charge in [-0.05, 0) is 30.4 Å². The molecule has 1 aromatic rings. The number of aliphatic imine (C=N–C) groups is 1. The fourth-order valence-corrected chi connectivity index (χ4v) is 1.47. The Morgan fingerprint density at radius 3 is 3.33 bits per heavy atom. The zero-order valence-corrected chi connectivity index (χ0v) is 7.20. The minimum atomic E-state index is 0.613. The molecular weight excluding hydrogens is 148 g/mol. The maximum absolute atomic E-state index is 4.31. The van der Waals surface area contributed by atoms with Gasteiger partial charge in [0, 0.05) is 12.4 Å². The average Bonchev–Trinajstić information content (AvgIpc) is 2.17. The van der Waals surface area contributed by atoms with E-state index in [1.54, 1.807) is 6.20 Å². The molecule has 0 saturated carbocycles. The second-order valence-electron chi connectivity index (χ2n) is 3.14. The molecule has 0 aromatic carbocycles. The van der Waals surface area contributed by atoms with Crippen LogP contribution >= 0.6 is 0 Å². The molecule has 62 valence electrons. The molecule has 0 saturated heterocycles. The summed E-state index contributed by atoms with van der Waals surface area (Å²) < 4.78 is 0. The molecule has 2 nitrogen and oxygen atoms in total. The summed E-state index contributed by atoms with van der Waals surface area (Å²) in [7, 11) is 0. The van der Waals surface area contributed by atoms with Crippen LogP contribution in [0.25, 0.3) is 0 Å². The lowest BCUT2D eigenvalue weighted by molar-refractivity contribution is 0.664. The zero-order chi connectivity index (χ0) is 8.39. The Labute approximate surface area is 72.4 Å². The topological polar surface area (TPSA) is 25.2 Å². The van der Waals surface area contributed by atoms with Crippen molar-refractivity contribution in [3.05, 3.63) is 23.9 Å². The first-order chi connectivity index (χ1) is 5.90. The van der Waals surface area contributed by atoms with Crippen molar-refractivity contribution in [1.29, 1.82) is 0 Å². The lowest BCUT2D eigenvalue weighted by Crippen LogP contribution is -2.09. The van der Waals surface area contributed by atoms with Crippen molar-refractivity contribution in [2.24, 2.45) is 10.9 Å². The van der Waals surface area contributed by atoms with E-state index in [0.717, 1.165) is 18.7 Å². The molecule has 2 heterocycles. The normalized spacial score (nSPS) is 20.6. The molecule has 0 bridgehead atoms. The maximum Gasteiger partial charge on any atom is 0.154 e. The third-order valence-corrected chi connectivity index (χ3v) is 2.28. The number of nitrogens with zero attached hydrogens (tertiary/aromatic N) is 2. The van der Waals surface area contributed by atoms with E-state index in [-0.39, 0.29) is 0 Å². The predicted octanol–water partition coefficient (Wildman–Crippen LogP) is 2.37. The van der Waals surface area contributed by atoms with Crippen LogP contribution in [0.4, 0.5) is 5.82 Å². The summed E-state index contributed by atoms with van der Waals surface area (Å²) >= 11 is 0. The van der Waals surface area contributed by atoms with E-state index in [9.17, 15) is 0 Å². The Balaban J connectivity index is 2.33. The average molecular weight is 160 g/mol. The fraction of sp³-hybridized carbons (Fsp3) is 0.400. The summed E-state index contributed by atoms with van der Waals surface area (Å²) in [5, 5.41) is 0. The van der Waals surface area contributed by atoms with Gasteiger partial charge in [-0.25, -0.2) is 9.98 Å². The lowest BCUT2D eigenvalue weighted by atomic mass is 9.96. The first-order valence-corrected chi connectivity index (χ1v) is 4.38. The first-order valence-electron chi connectivity index (χ1n) is 4.38. The zero-order valence-electron chi connectivity index (χ0n) is 7.20. The summed E-state index contributed by atoms with van der Waals surface area (Å²) in [6, 6.07) is 4.09. The molecule has 2 rings (SSSR count). The van der Waals surface area contributed by atoms with Crippen LogP contribution in [0.2, 0.25) is 0 Å². The molecule has 2 heteroatoms. The van der Waals surface area contributed by atoms with Crippen LogP contribution in [-0.4, -0.2) is 11.2 Å². The van der Waals surface area contributed by atoms with E-state index < -0.39 is 0 Å². The molecule has 0 fully saturated rings. The van der Waals surface area contributed by atoms with E-state index in [2.05, 4.69) is 23.0 Å². The van der Waals surface area contributed by atoms with Gasteiger partial charge in [0.2, 0.25) is 0 Å². The molecule has 1 unspecified atom stereocenters. The molecule has 0 aliphatic carbocycles. The number of pyridine rings is 1. The van der Waals surface area contributed by atoms with Crippen molar-refractivity contribution in [3.63, 3.8) is 0 Å². The first kappa shape index (κ1) is 7.47. The SMILES string of the molecule is CCC1C=Nc2ncccc2C1. The number of aromatic nitrogens is 1. The van der Waals surface area contributed by atoms with Gasteiger partial charge in [0.25, 0.3) is 0 Å². The molecule has 1 aromatic heterocycles. The molecule has 0 radical (unpaired) electrons. The summed E-state index contributed by atoms with van der Waals surface area (Å²) in [4.78, 5) is 8.50. The largest absolute Gasteiger partial charge is 0.241 e. The fourth-order valence-electron chi connectivity index (χ4n) is 1.47. The Hall–Kier alpha value is -1.18. The molecule has 1 atom stereocenters. The Morgan fingerprint density at radius 1 is 1.58 bits per heavy atom. The monoisotopic (exact) mass is 160 g/mol. The summed E-state index contributed by atoms with van der Waals surface area (Å²) in [5.41, 5.74) is 1.28. The third kappa shape index (κ3) is 1.24. The van der Waals surface area contributed by atoms with Gasteiger partial charge in [-0.2, -0.15) is 0 Å². The van der Waals surface area contributed by atoms with Crippen LogP contribution in [0.5, 0.6) is 0 Å². The van der Waals surface area contributed by atoms with Gasteiger partial charge >= 0.3 is 0 Å². The third-order valence-electron chi connectivity index (χ3n) is 2.28. The number of rotatable bonds is 1. The van der Waals surface area contributed by atoms with E-state index in [0.29, 0.717) is 5.92 Å². The van der Waals surface area contributed by atoms with E-state index in [1.165, 1.54) is 5.56 Å². The van der Waals surface area contributed by atoms with Crippen LogP contribution in [0, 0.1) is 5.92 Å². The van der Waals surface area contributed by atoms with Crippen LogP contribution in [0.15, 0.2) is 23.3 Å². The van der Waals surface area contributed by atoms with Crippen molar-refractivity contribution >= 4 is 12.0 Å². The molecule has 0 N–H and O–H groups in total. The summed E-state index contributed by atoms with van der Waals surface area (Å²) in [5.74, 6) is 1.52. The standard InChI is InChI=1S/C10H12N2/c1-2-8-6-9-4-3-5-11-10(9)12-7-8/h3-5,7-8H,2,6H2,1H3. The minimum absolute atomic E-state index is 0.613. The Kier molecular flexibility index (Phi) is 1.90. The molecular formula is C10H12N2.